The summed E-state index contributed by atoms with van der Waals surface area (Å²) in [5.74, 6) is 1.63. The molecule has 1 N–H and O–H groups in total. The number of nitrogens with zero attached hydrogens (tertiary/aromatic N) is 3. The standard InChI is InChI=1S/C33H31ClN4O2/c34-27-12-14-28(15-13-27)40-23-31(39)38-19-17-37(18-20-38)22-24-11-16-29-30(21-24)36-33(35-29)32(25-7-3-1-4-8-25)26-9-5-2-6-10-26/h1-16,21,32H,17-20,22-23H2,(H,35,36). The van der Waals surface area contributed by atoms with Crippen molar-refractivity contribution in [1.29, 1.82) is 0 Å². The molecule has 6 rings (SSSR count). The summed E-state index contributed by atoms with van der Waals surface area (Å²) >= 11 is 5.92. The Balaban J connectivity index is 1.10. The van der Waals surface area contributed by atoms with Crippen molar-refractivity contribution in [2.24, 2.45) is 0 Å². The number of hydrogen-bond acceptors (Lipinski definition) is 4. The predicted octanol–water partition coefficient (Wildman–Crippen LogP) is 6.12. The number of H-pyrrole nitrogens is 1. The Morgan fingerprint density at radius 2 is 1.50 bits per heavy atom. The highest BCUT2D eigenvalue weighted by atomic mass is 35.5. The number of fused-ring (bicyclic) bond motifs is 1. The Hall–Kier alpha value is -4.13. The minimum Gasteiger partial charge on any atom is -0.484 e. The van der Waals surface area contributed by atoms with Crippen LogP contribution in [0.2, 0.25) is 5.02 Å². The molecule has 202 valence electrons. The average Bonchev–Trinajstić information content (AvgIpc) is 3.41. The summed E-state index contributed by atoms with van der Waals surface area (Å²) in [4.78, 5) is 25.5. The average molecular weight is 551 g/mol. The van der Waals surface area contributed by atoms with E-state index in [0.29, 0.717) is 23.9 Å². The summed E-state index contributed by atoms with van der Waals surface area (Å²) in [6, 6.07) is 34.5. The van der Waals surface area contributed by atoms with Gasteiger partial charge in [-0.3, -0.25) is 9.69 Å². The number of piperazine rings is 1. The van der Waals surface area contributed by atoms with Crippen molar-refractivity contribution in [2.75, 3.05) is 32.8 Å². The second-order valence-corrected chi connectivity index (χ2v) is 10.6. The number of nitrogens with one attached hydrogen (secondary N) is 1. The number of carbonyl (C=O) groups excluding carboxylic acids is 1. The van der Waals surface area contributed by atoms with E-state index >= 15 is 0 Å². The van der Waals surface area contributed by atoms with Crippen LogP contribution in [0.25, 0.3) is 11.0 Å². The third kappa shape index (κ3) is 6.03. The van der Waals surface area contributed by atoms with Gasteiger partial charge in [-0.1, -0.05) is 78.3 Å². The third-order valence-electron chi connectivity index (χ3n) is 7.41. The van der Waals surface area contributed by atoms with Gasteiger partial charge in [0.25, 0.3) is 5.91 Å². The first-order chi connectivity index (χ1) is 19.6. The SMILES string of the molecule is O=C(COc1ccc(Cl)cc1)N1CCN(Cc2ccc3nc(C(c4ccccc4)c4ccccc4)[nH]c3c2)CC1. The number of benzene rings is 4. The first-order valence-corrected chi connectivity index (χ1v) is 14.0. The zero-order chi connectivity index (χ0) is 27.3. The van der Waals surface area contributed by atoms with Crippen LogP contribution < -0.4 is 4.74 Å². The molecule has 0 atom stereocenters. The maximum atomic E-state index is 12.7. The normalized spacial score (nSPS) is 14.1. The third-order valence-corrected chi connectivity index (χ3v) is 7.66. The zero-order valence-electron chi connectivity index (χ0n) is 22.2. The molecule has 1 saturated heterocycles. The van der Waals surface area contributed by atoms with Crippen LogP contribution in [0.15, 0.2) is 103 Å². The van der Waals surface area contributed by atoms with Gasteiger partial charge in [-0.05, 0) is 53.1 Å². The van der Waals surface area contributed by atoms with Gasteiger partial charge in [0.1, 0.15) is 11.6 Å². The summed E-state index contributed by atoms with van der Waals surface area (Å²) in [5.41, 5.74) is 5.65. The Morgan fingerprint density at radius 3 is 2.15 bits per heavy atom. The monoisotopic (exact) mass is 550 g/mol. The number of halogens is 1. The maximum absolute atomic E-state index is 12.7. The number of hydrogen-bond donors (Lipinski definition) is 1. The van der Waals surface area contributed by atoms with Crippen molar-refractivity contribution >= 4 is 28.5 Å². The fourth-order valence-corrected chi connectivity index (χ4v) is 5.42. The Labute approximate surface area is 239 Å². The number of amides is 1. The second-order valence-electron chi connectivity index (χ2n) is 10.1. The van der Waals surface area contributed by atoms with Gasteiger partial charge >= 0.3 is 0 Å². The molecule has 0 spiro atoms. The van der Waals surface area contributed by atoms with E-state index in [1.165, 1.54) is 16.7 Å². The van der Waals surface area contributed by atoms with Crippen molar-refractivity contribution in [1.82, 2.24) is 19.8 Å². The van der Waals surface area contributed by atoms with Crippen LogP contribution in [0, 0.1) is 0 Å². The number of carbonyl (C=O) groups is 1. The first kappa shape index (κ1) is 26.1. The molecule has 1 amide bonds. The lowest BCUT2D eigenvalue weighted by molar-refractivity contribution is -0.135. The second kappa shape index (κ2) is 11.9. The zero-order valence-corrected chi connectivity index (χ0v) is 22.9. The summed E-state index contributed by atoms with van der Waals surface area (Å²) < 4.78 is 5.64. The number of imidazole rings is 1. The summed E-state index contributed by atoms with van der Waals surface area (Å²) in [6.07, 6.45) is 0. The lowest BCUT2D eigenvalue weighted by Crippen LogP contribution is -2.49. The van der Waals surface area contributed by atoms with Crippen LogP contribution >= 0.6 is 11.6 Å². The van der Waals surface area contributed by atoms with Crippen LogP contribution in [0.4, 0.5) is 0 Å². The molecule has 4 aromatic carbocycles. The van der Waals surface area contributed by atoms with E-state index in [1.54, 1.807) is 24.3 Å². The quantitative estimate of drug-likeness (QED) is 0.253. The molecule has 5 aromatic rings. The number of rotatable bonds is 8. The Bertz CT molecular complexity index is 1520. The van der Waals surface area contributed by atoms with E-state index in [2.05, 4.69) is 76.6 Å². The number of aromatic amines is 1. The largest absolute Gasteiger partial charge is 0.484 e. The van der Waals surface area contributed by atoms with Gasteiger partial charge in [0.2, 0.25) is 0 Å². The topological polar surface area (TPSA) is 61.5 Å². The first-order valence-electron chi connectivity index (χ1n) is 13.6. The van der Waals surface area contributed by atoms with Crippen LogP contribution in [-0.4, -0.2) is 58.5 Å². The van der Waals surface area contributed by atoms with Gasteiger partial charge in [0.05, 0.1) is 17.0 Å². The van der Waals surface area contributed by atoms with Crippen molar-refractivity contribution in [3.63, 3.8) is 0 Å². The Morgan fingerprint density at radius 1 is 0.850 bits per heavy atom. The number of aromatic nitrogens is 2. The molecule has 40 heavy (non-hydrogen) atoms. The minimum atomic E-state index is 0.00685. The maximum Gasteiger partial charge on any atom is 0.260 e. The molecule has 1 aliphatic rings. The highest BCUT2D eigenvalue weighted by molar-refractivity contribution is 6.30. The minimum absolute atomic E-state index is 0.00685. The molecule has 0 unspecified atom stereocenters. The highest BCUT2D eigenvalue weighted by Gasteiger charge is 2.23. The van der Waals surface area contributed by atoms with E-state index in [-0.39, 0.29) is 18.4 Å². The summed E-state index contributed by atoms with van der Waals surface area (Å²) in [5, 5.41) is 0.644. The van der Waals surface area contributed by atoms with E-state index in [9.17, 15) is 4.79 Å². The lowest BCUT2D eigenvalue weighted by Gasteiger charge is -2.34. The Kier molecular flexibility index (Phi) is 7.80. The van der Waals surface area contributed by atoms with Crippen LogP contribution in [0.3, 0.4) is 0 Å². The molecule has 1 fully saturated rings. The van der Waals surface area contributed by atoms with Gasteiger partial charge in [-0.15, -0.1) is 0 Å². The van der Waals surface area contributed by atoms with Gasteiger partial charge in [0, 0.05) is 37.7 Å². The molecule has 1 aliphatic heterocycles. The van der Waals surface area contributed by atoms with Gasteiger partial charge in [-0.25, -0.2) is 4.98 Å². The van der Waals surface area contributed by atoms with E-state index < -0.39 is 0 Å². The molecule has 0 saturated carbocycles. The predicted molar refractivity (Wildman–Crippen MR) is 159 cm³/mol. The van der Waals surface area contributed by atoms with Crippen LogP contribution in [0.5, 0.6) is 5.75 Å². The van der Waals surface area contributed by atoms with Crippen molar-refractivity contribution in [3.8, 4) is 5.75 Å². The van der Waals surface area contributed by atoms with Crippen molar-refractivity contribution < 1.29 is 9.53 Å². The highest BCUT2D eigenvalue weighted by Crippen LogP contribution is 2.31. The van der Waals surface area contributed by atoms with Crippen molar-refractivity contribution in [3.05, 3.63) is 131 Å². The smallest absolute Gasteiger partial charge is 0.260 e. The number of ether oxygens (including phenoxy) is 1. The van der Waals surface area contributed by atoms with Crippen LogP contribution in [-0.2, 0) is 11.3 Å². The van der Waals surface area contributed by atoms with Gasteiger partial charge in [-0.2, -0.15) is 0 Å². The fraction of sp³-hybridized carbons (Fsp3) is 0.212. The van der Waals surface area contributed by atoms with Crippen LogP contribution in [0.1, 0.15) is 28.4 Å². The molecular weight excluding hydrogens is 520 g/mol. The van der Waals surface area contributed by atoms with E-state index in [4.69, 9.17) is 21.3 Å². The molecule has 7 heteroatoms. The molecule has 0 radical (unpaired) electrons. The molecule has 2 heterocycles. The lowest BCUT2D eigenvalue weighted by atomic mass is 9.91. The van der Waals surface area contributed by atoms with Gasteiger partial charge in [0.15, 0.2) is 6.61 Å². The molecule has 0 aliphatic carbocycles. The molecule has 1 aromatic heterocycles. The summed E-state index contributed by atoms with van der Waals surface area (Å²) in [6.45, 7) is 3.89. The summed E-state index contributed by atoms with van der Waals surface area (Å²) in [7, 11) is 0. The van der Waals surface area contributed by atoms with E-state index in [0.717, 1.165) is 36.5 Å². The molecule has 6 nitrogen and oxygen atoms in total. The van der Waals surface area contributed by atoms with Crippen molar-refractivity contribution in [2.45, 2.75) is 12.5 Å². The van der Waals surface area contributed by atoms with E-state index in [1.807, 2.05) is 17.0 Å². The molecular formula is C33H31ClN4O2. The fourth-order valence-electron chi connectivity index (χ4n) is 5.29. The van der Waals surface area contributed by atoms with Gasteiger partial charge < -0.3 is 14.6 Å². The molecule has 0 bridgehead atoms.